The first-order valence-electron chi connectivity index (χ1n) is 6.32. The van der Waals surface area contributed by atoms with Crippen molar-refractivity contribution < 1.29 is 9.63 Å². The number of pyridine rings is 1. The van der Waals surface area contributed by atoms with Crippen molar-refractivity contribution in [3.8, 4) is 0 Å². The average Bonchev–Trinajstić information content (AvgIpc) is 2.46. The van der Waals surface area contributed by atoms with Crippen LogP contribution in [0.4, 0.5) is 0 Å². The molecule has 0 aliphatic carbocycles. The minimum Gasteiger partial charge on any atom is -0.322 e. The molecule has 2 aromatic rings. The van der Waals surface area contributed by atoms with Crippen LogP contribution in [0.3, 0.4) is 0 Å². The highest BCUT2D eigenvalue weighted by Crippen LogP contribution is 2.18. The first-order valence-corrected chi connectivity index (χ1v) is 6.32. The molecule has 1 aliphatic rings. The largest absolute Gasteiger partial charge is 0.322 e. The summed E-state index contributed by atoms with van der Waals surface area (Å²) >= 11 is 0. The number of nitrogens with zero attached hydrogens (tertiary/aromatic N) is 1. The van der Waals surface area contributed by atoms with E-state index in [0.29, 0.717) is 24.2 Å². The lowest BCUT2D eigenvalue weighted by Crippen LogP contribution is -2.36. The Morgan fingerprint density at radius 1 is 1.26 bits per heavy atom. The minimum atomic E-state index is -0.279. The van der Waals surface area contributed by atoms with Gasteiger partial charge in [-0.3, -0.25) is 14.4 Å². The van der Waals surface area contributed by atoms with E-state index in [1.54, 1.807) is 6.07 Å². The van der Waals surface area contributed by atoms with Crippen molar-refractivity contribution in [2.75, 3.05) is 13.2 Å². The SMILES string of the molecule is O=C(c1cc(=O)[nH]c2ccccc12)N1CCCCO1. The van der Waals surface area contributed by atoms with E-state index in [1.165, 1.54) is 11.1 Å². The molecular weight excluding hydrogens is 244 g/mol. The molecule has 0 spiro atoms. The summed E-state index contributed by atoms with van der Waals surface area (Å²) in [5.74, 6) is -0.248. The van der Waals surface area contributed by atoms with E-state index in [0.717, 1.165) is 18.2 Å². The van der Waals surface area contributed by atoms with Crippen LogP contribution in [0.5, 0.6) is 0 Å². The van der Waals surface area contributed by atoms with Crippen molar-refractivity contribution in [1.29, 1.82) is 0 Å². The Bertz CT molecular complexity index is 672. The van der Waals surface area contributed by atoms with Gasteiger partial charge in [0.05, 0.1) is 12.2 Å². The molecule has 5 heteroatoms. The molecule has 19 heavy (non-hydrogen) atoms. The monoisotopic (exact) mass is 258 g/mol. The molecule has 1 aliphatic heterocycles. The molecule has 98 valence electrons. The highest BCUT2D eigenvalue weighted by Gasteiger charge is 2.21. The fraction of sp³-hybridized carbons (Fsp3) is 0.286. The van der Waals surface area contributed by atoms with Gasteiger partial charge in [0.15, 0.2) is 0 Å². The summed E-state index contributed by atoms with van der Waals surface area (Å²) in [6.07, 6.45) is 1.88. The Hall–Kier alpha value is -2.14. The average molecular weight is 258 g/mol. The number of carbonyl (C=O) groups excluding carboxylic acids is 1. The third kappa shape index (κ3) is 2.24. The fourth-order valence-electron chi connectivity index (χ4n) is 2.27. The summed E-state index contributed by atoms with van der Waals surface area (Å²) < 4.78 is 0. The normalized spacial score (nSPS) is 15.7. The zero-order chi connectivity index (χ0) is 13.2. The van der Waals surface area contributed by atoms with Gasteiger partial charge in [0.25, 0.3) is 5.91 Å². The molecule has 1 saturated heterocycles. The maximum Gasteiger partial charge on any atom is 0.278 e. The van der Waals surface area contributed by atoms with Crippen LogP contribution in [0.1, 0.15) is 23.2 Å². The third-order valence-electron chi connectivity index (χ3n) is 3.21. The molecule has 1 amide bonds. The summed E-state index contributed by atoms with van der Waals surface area (Å²) in [5.41, 5.74) is 0.774. The number of para-hydroxylation sites is 1. The number of fused-ring (bicyclic) bond motifs is 1. The summed E-state index contributed by atoms with van der Waals surface area (Å²) in [6, 6.07) is 8.61. The fourth-order valence-corrected chi connectivity index (χ4v) is 2.27. The Balaban J connectivity index is 2.08. The van der Waals surface area contributed by atoms with Crippen molar-refractivity contribution in [3.05, 3.63) is 46.2 Å². The molecule has 5 nitrogen and oxygen atoms in total. The van der Waals surface area contributed by atoms with Crippen LogP contribution in [0, 0.1) is 0 Å². The summed E-state index contributed by atoms with van der Waals surface area (Å²) in [6.45, 7) is 1.12. The van der Waals surface area contributed by atoms with Crippen LogP contribution in [0.2, 0.25) is 0 Å². The van der Waals surface area contributed by atoms with Crippen LogP contribution in [0.25, 0.3) is 10.9 Å². The number of hydrogen-bond acceptors (Lipinski definition) is 3. The van der Waals surface area contributed by atoms with Crippen LogP contribution >= 0.6 is 0 Å². The third-order valence-corrected chi connectivity index (χ3v) is 3.21. The van der Waals surface area contributed by atoms with Gasteiger partial charge in [0.1, 0.15) is 0 Å². The van der Waals surface area contributed by atoms with E-state index in [4.69, 9.17) is 4.84 Å². The number of nitrogens with one attached hydrogen (secondary N) is 1. The second-order valence-electron chi connectivity index (χ2n) is 4.54. The van der Waals surface area contributed by atoms with Crippen LogP contribution in [-0.2, 0) is 4.84 Å². The molecule has 1 aromatic heterocycles. The summed E-state index contributed by atoms with van der Waals surface area (Å²) in [4.78, 5) is 32.1. The zero-order valence-corrected chi connectivity index (χ0v) is 10.4. The number of hydroxylamine groups is 2. The van der Waals surface area contributed by atoms with Crippen molar-refractivity contribution in [1.82, 2.24) is 10.0 Å². The Kier molecular flexibility index (Phi) is 3.05. The molecule has 0 atom stereocenters. The van der Waals surface area contributed by atoms with Gasteiger partial charge in [0.2, 0.25) is 5.56 Å². The topological polar surface area (TPSA) is 62.4 Å². The summed E-state index contributed by atoms with van der Waals surface area (Å²) in [5, 5.41) is 2.09. The molecule has 0 unspecified atom stereocenters. The first-order chi connectivity index (χ1) is 9.25. The minimum absolute atomic E-state index is 0.248. The molecule has 1 N–H and O–H groups in total. The van der Waals surface area contributed by atoms with Crippen molar-refractivity contribution in [3.63, 3.8) is 0 Å². The van der Waals surface area contributed by atoms with Gasteiger partial charge in [-0.1, -0.05) is 18.2 Å². The van der Waals surface area contributed by atoms with Crippen molar-refractivity contribution in [2.24, 2.45) is 0 Å². The maximum absolute atomic E-state index is 12.4. The number of carbonyl (C=O) groups is 1. The second-order valence-corrected chi connectivity index (χ2v) is 4.54. The number of amides is 1. The van der Waals surface area contributed by atoms with Crippen molar-refractivity contribution >= 4 is 16.8 Å². The number of benzene rings is 1. The van der Waals surface area contributed by atoms with Crippen LogP contribution < -0.4 is 5.56 Å². The van der Waals surface area contributed by atoms with Gasteiger partial charge >= 0.3 is 0 Å². The molecule has 3 rings (SSSR count). The number of H-pyrrole nitrogens is 1. The van der Waals surface area contributed by atoms with E-state index < -0.39 is 0 Å². The number of hydrogen-bond donors (Lipinski definition) is 1. The highest BCUT2D eigenvalue weighted by atomic mass is 16.7. The van der Waals surface area contributed by atoms with Gasteiger partial charge < -0.3 is 4.98 Å². The lowest BCUT2D eigenvalue weighted by atomic mass is 10.1. The molecule has 1 fully saturated rings. The second kappa shape index (κ2) is 4.85. The Morgan fingerprint density at radius 3 is 2.89 bits per heavy atom. The molecular formula is C14H14N2O3. The molecule has 1 aromatic carbocycles. The Morgan fingerprint density at radius 2 is 2.11 bits per heavy atom. The maximum atomic E-state index is 12.4. The number of rotatable bonds is 1. The van der Waals surface area contributed by atoms with E-state index in [2.05, 4.69) is 4.98 Å². The molecule has 0 radical (unpaired) electrons. The standard InChI is InChI=1S/C14H14N2O3/c17-13-9-11(10-5-1-2-6-12(10)15-13)14(18)16-7-3-4-8-19-16/h1-2,5-6,9H,3-4,7-8H2,(H,15,17). The van der Waals surface area contributed by atoms with Crippen molar-refractivity contribution in [2.45, 2.75) is 12.8 Å². The van der Waals surface area contributed by atoms with Crippen LogP contribution in [-0.4, -0.2) is 29.1 Å². The van der Waals surface area contributed by atoms with Gasteiger partial charge in [-0.05, 0) is 18.9 Å². The molecule has 2 heterocycles. The number of aromatic nitrogens is 1. The lowest BCUT2D eigenvalue weighted by Gasteiger charge is -2.26. The summed E-state index contributed by atoms with van der Waals surface area (Å²) in [7, 11) is 0. The number of aromatic amines is 1. The van der Waals surface area contributed by atoms with Gasteiger partial charge in [0, 0.05) is 23.5 Å². The Labute approximate surface area is 109 Å². The predicted octanol–water partition coefficient (Wildman–Crippen LogP) is 1.70. The van der Waals surface area contributed by atoms with E-state index in [9.17, 15) is 9.59 Å². The van der Waals surface area contributed by atoms with Gasteiger partial charge in [-0.2, -0.15) is 0 Å². The van der Waals surface area contributed by atoms with E-state index >= 15 is 0 Å². The van der Waals surface area contributed by atoms with Gasteiger partial charge in [-0.25, -0.2) is 5.06 Å². The van der Waals surface area contributed by atoms with Gasteiger partial charge in [-0.15, -0.1) is 0 Å². The van der Waals surface area contributed by atoms with E-state index in [-0.39, 0.29) is 11.5 Å². The smallest absolute Gasteiger partial charge is 0.278 e. The van der Waals surface area contributed by atoms with Crippen LogP contribution in [0.15, 0.2) is 35.1 Å². The van der Waals surface area contributed by atoms with E-state index in [1.807, 2.05) is 18.2 Å². The molecule has 0 bridgehead atoms. The predicted molar refractivity (Wildman–Crippen MR) is 70.8 cm³/mol. The first kappa shape index (κ1) is 11.9. The quantitative estimate of drug-likeness (QED) is 0.846. The molecule has 0 saturated carbocycles. The highest BCUT2D eigenvalue weighted by molar-refractivity contribution is 6.05. The zero-order valence-electron chi connectivity index (χ0n) is 10.4. The lowest BCUT2D eigenvalue weighted by molar-refractivity contribution is -0.144.